The van der Waals surface area contributed by atoms with Gasteiger partial charge in [0.2, 0.25) is 0 Å². The fourth-order valence-corrected chi connectivity index (χ4v) is 1.46. The highest BCUT2D eigenvalue weighted by Crippen LogP contribution is 2.07. The number of hydrogen-bond donors (Lipinski definition) is 0. The molecule has 1 rings (SSSR count). The molecule has 0 unspecified atom stereocenters. The Kier molecular flexibility index (Phi) is 4.83. The van der Waals surface area contributed by atoms with Crippen LogP contribution in [0.15, 0.2) is 18.2 Å². The van der Waals surface area contributed by atoms with Crippen LogP contribution in [0.5, 0.6) is 0 Å². The van der Waals surface area contributed by atoms with E-state index in [1.54, 1.807) is 18.2 Å². The van der Waals surface area contributed by atoms with Crippen molar-refractivity contribution in [2.24, 2.45) is 0 Å². The number of ketones is 2. The molecule has 0 fully saturated rings. The minimum atomic E-state index is 0.00801. The maximum absolute atomic E-state index is 11.6. The first-order chi connectivity index (χ1) is 7.69. The predicted molar refractivity (Wildman–Crippen MR) is 62.7 cm³/mol. The summed E-state index contributed by atoms with van der Waals surface area (Å²) in [5.41, 5.74) is 0.813. The van der Waals surface area contributed by atoms with Crippen molar-refractivity contribution in [3.05, 3.63) is 29.6 Å². The van der Waals surface area contributed by atoms with Gasteiger partial charge in [-0.3, -0.25) is 9.59 Å². The van der Waals surface area contributed by atoms with Crippen molar-refractivity contribution >= 4 is 11.6 Å². The van der Waals surface area contributed by atoms with Crippen LogP contribution in [0.2, 0.25) is 0 Å². The van der Waals surface area contributed by atoms with Crippen LogP contribution in [0, 0.1) is 0 Å². The molecule has 0 saturated heterocycles. The summed E-state index contributed by atoms with van der Waals surface area (Å²) in [5.74, 6) is 0.0160. The van der Waals surface area contributed by atoms with Gasteiger partial charge in [-0.1, -0.05) is 19.9 Å². The number of carbonyl (C=O) groups is 2. The van der Waals surface area contributed by atoms with Crippen molar-refractivity contribution in [1.29, 1.82) is 0 Å². The van der Waals surface area contributed by atoms with E-state index in [1.165, 1.54) is 0 Å². The lowest BCUT2D eigenvalue weighted by Crippen LogP contribution is -2.07. The molecule has 0 aliphatic carbocycles. The van der Waals surface area contributed by atoms with E-state index in [9.17, 15) is 9.59 Å². The minimum Gasteiger partial charge on any atom is -0.292 e. The summed E-state index contributed by atoms with van der Waals surface area (Å²) in [6.45, 7) is 3.90. The Balaban J connectivity index is 2.86. The molecule has 0 amide bonds. The van der Waals surface area contributed by atoms with E-state index in [0.717, 1.165) is 12.8 Å². The fourth-order valence-electron chi connectivity index (χ4n) is 1.46. The maximum atomic E-state index is 11.6. The first-order valence-corrected chi connectivity index (χ1v) is 5.72. The molecule has 1 aromatic rings. The van der Waals surface area contributed by atoms with E-state index in [4.69, 9.17) is 0 Å². The topological polar surface area (TPSA) is 47.0 Å². The quantitative estimate of drug-likeness (QED) is 0.691. The molecule has 0 spiro atoms. The highest BCUT2D eigenvalue weighted by atomic mass is 16.1. The van der Waals surface area contributed by atoms with Gasteiger partial charge >= 0.3 is 0 Å². The third kappa shape index (κ3) is 3.26. The summed E-state index contributed by atoms with van der Waals surface area (Å²) in [4.78, 5) is 27.3. The molecule has 0 aromatic carbocycles. The van der Waals surface area contributed by atoms with Gasteiger partial charge < -0.3 is 0 Å². The number of pyridine rings is 1. The third-order valence-corrected chi connectivity index (χ3v) is 2.27. The monoisotopic (exact) mass is 219 g/mol. The van der Waals surface area contributed by atoms with Crippen molar-refractivity contribution in [1.82, 2.24) is 4.98 Å². The smallest absolute Gasteiger partial charge is 0.181 e. The van der Waals surface area contributed by atoms with Crippen molar-refractivity contribution in [2.75, 3.05) is 0 Å². The lowest BCUT2D eigenvalue weighted by molar-refractivity contribution is 0.0973. The number of Topliss-reactive ketones (excluding diaryl/α,β-unsaturated/α-hetero) is 2. The van der Waals surface area contributed by atoms with Gasteiger partial charge in [0, 0.05) is 12.8 Å². The molecule has 1 heterocycles. The Hall–Kier alpha value is -1.51. The van der Waals surface area contributed by atoms with Crippen LogP contribution < -0.4 is 0 Å². The molecule has 3 nitrogen and oxygen atoms in total. The Morgan fingerprint density at radius 1 is 1.00 bits per heavy atom. The van der Waals surface area contributed by atoms with E-state index in [2.05, 4.69) is 4.98 Å². The third-order valence-electron chi connectivity index (χ3n) is 2.27. The highest BCUT2D eigenvalue weighted by molar-refractivity contribution is 5.98. The van der Waals surface area contributed by atoms with Crippen molar-refractivity contribution in [2.45, 2.75) is 39.5 Å². The van der Waals surface area contributed by atoms with Crippen LogP contribution in [0.4, 0.5) is 0 Å². The zero-order valence-electron chi connectivity index (χ0n) is 9.82. The second-order valence-electron chi connectivity index (χ2n) is 3.75. The Labute approximate surface area is 95.9 Å². The number of rotatable bonds is 6. The average molecular weight is 219 g/mol. The lowest BCUT2D eigenvalue weighted by atomic mass is 10.1. The van der Waals surface area contributed by atoms with Gasteiger partial charge in [-0.25, -0.2) is 4.98 Å². The van der Waals surface area contributed by atoms with Gasteiger partial charge in [0.05, 0.1) is 0 Å². The molecule has 0 N–H and O–H groups in total. The molecule has 0 aliphatic heterocycles. The van der Waals surface area contributed by atoms with Gasteiger partial charge in [-0.15, -0.1) is 0 Å². The van der Waals surface area contributed by atoms with Crippen LogP contribution in [-0.2, 0) is 0 Å². The van der Waals surface area contributed by atoms with Gasteiger partial charge in [0.1, 0.15) is 11.4 Å². The van der Waals surface area contributed by atoms with Crippen molar-refractivity contribution in [3.63, 3.8) is 0 Å². The Bertz CT molecular complexity index is 352. The Morgan fingerprint density at radius 2 is 1.44 bits per heavy atom. The summed E-state index contributed by atoms with van der Waals surface area (Å²) in [7, 11) is 0. The number of nitrogens with zero attached hydrogens (tertiary/aromatic N) is 1. The fraction of sp³-hybridized carbons (Fsp3) is 0.462. The first kappa shape index (κ1) is 12.6. The van der Waals surface area contributed by atoms with Crippen molar-refractivity contribution in [3.8, 4) is 0 Å². The first-order valence-electron chi connectivity index (χ1n) is 5.72. The van der Waals surface area contributed by atoms with Gasteiger partial charge in [0.25, 0.3) is 0 Å². The summed E-state index contributed by atoms with van der Waals surface area (Å²) in [6.07, 6.45) is 2.57. The second-order valence-corrected chi connectivity index (χ2v) is 3.75. The van der Waals surface area contributed by atoms with Gasteiger partial charge in [-0.05, 0) is 25.0 Å². The highest BCUT2D eigenvalue weighted by Gasteiger charge is 2.10. The molecule has 86 valence electrons. The molecule has 0 atom stereocenters. The molecule has 16 heavy (non-hydrogen) atoms. The van der Waals surface area contributed by atoms with Crippen LogP contribution >= 0.6 is 0 Å². The number of hydrogen-bond acceptors (Lipinski definition) is 3. The van der Waals surface area contributed by atoms with E-state index >= 15 is 0 Å². The van der Waals surface area contributed by atoms with E-state index in [-0.39, 0.29) is 11.6 Å². The van der Waals surface area contributed by atoms with Crippen LogP contribution in [0.1, 0.15) is 60.5 Å². The SMILES string of the molecule is CCCC(=O)c1cccc(C(=O)CCC)n1. The summed E-state index contributed by atoms with van der Waals surface area (Å²) in [6, 6.07) is 5.06. The van der Waals surface area contributed by atoms with E-state index in [1.807, 2.05) is 13.8 Å². The molecule has 0 radical (unpaired) electrons. The largest absolute Gasteiger partial charge is 0.292 e. The van der Waals surface area contributed by atoms with Crippen LogP contribution in [0.25, 0.3) is 0 Å². The number of carbonyl (C=O) groups excluding carboxylic acids is 2. The van der Waals surface area contributed by atoms with Crippen LogP contribution in [0.3, 0.4) is 0 Å². The Morgan fingerprint density at radius 3 is 1.81 bits per heavy atom. The molecular weight excluding hydrogens is 202 g/mol. The minimum absolute atomic E-state index is 0.00801. The van der Waals surface area contributed by atoms with Crippen molar-refractivity contribution < 1.29 is 9.59 Å². The molecular formula is C13H17NO2. The predicted octanol–water partition coefficient (Wildman–Crippen LogP) is 3.05. The van der Waals surface area contributed by atoms with Crippen LogP contribution in [-0.4, -0.2) is 16.6 Å². The summed E-state index contributed by atoms with van der Waals surface area (Å²) < 4.78 is 0. The van der Waals surface area contributed by atoms with E-state index < -0.39 is 0 Å². The maximum Gasteiger partial charge on any atom is 0.181 e. The molecule has 0 aliphatic rings. The zero-order chi connectivity index (χ0) is 12.0. The average Bonchev–Trinajstić information content (AvgIpc) is 2.30. The van der Waals surface area contributed by atoms with Gasteiger partial charge in [0.15, 0.2) is 11.6 Å². The zero-order valence-corrected chi connectivity index (χ0v) is 9.82. The number of aromatic nitrogens is 1. The molecule has 3 heteroatoms. The molecule has 1 aromatic heterocycles. The standard InChI is InChI=1S/C13H17NO2/c1-3-6-12(15)10-8-5-9-11(14-10)13(16)7-4-2/h5,8-9H,3-4,6-7H2,1-2H3. The van der Waals surface area contributed by atoms with E-state index in [0.29, 0.717) is 24.2 Å². The second kappa shape index (κ2) is 6.16. The summed E-state index contributed by atoms with van der Waals surface area (Å²) >= 11 is 0. The molecule has 0 saturated carbocycles. The summed E-state index contributed by atoms with van der Waals surface area (Å²) in [5, 5.41) is 0. The lowest BCUT2D eigenvalue weighted by Gasteiger charge is -2.02. The normalized spacial score (nSPS) is 10.1. The molecule has 0 bridgehead atoms. The van der Waals surface area contributed by atoms with Gasteiger partial charge in [-0.2, -0.15) is 0 Å².